The zero-order chi connectivity index (χ0) is 3.70. The molecule has 26 valence electrons. The summed E-state index contributed by atoms with van der Waals surface area (Å²) in [6.45, 7) is 1.08. The van der Waals surface area contributed by atoms with Crippen molar-refractivity contribution < 1.29 is 3.55 Å². The maximum absolute atomic E-state index is 2.82. The third-order valence-electron chi connectivity index (χ3n) is 0.557. The molecule has 0 saturated heterocycles. The van der Waals surface area contributed by atoms with Crippen molar-refractivity contribution in [3.8, 4) is 0 Å². The summed E-state index contributed by atoms with van der Waals surface area (Å²) in [4.78, 5) is 0. The van der Waals surface area contributed by atoms with Crippen LogP contribution in [-0.2, 0) is 0 Å². The fourth-order valence-corrected chi connectivity index (χ4v) is 0.553. The molecule has 0 aromatic heterocycles. The van der Waals surface area contributed by atoms with Gasteiger partial charge in [0.1, 0.15) is 0 Å². The van der Waals surface area contributed by atoms with E-state index < -0.39 is 0 Å². The van der Waals surface area contributed by atoms with Crippen LogP contribution in [0.2, 0.25) is 0 Å². The summed E-state index contributed by atoms with van der Waals surface area (Å²) in [5, 5.41) is 0. The standard InChI is InChI=1S/C3H4NSe/c5-4-2-1-3-4/h1-2H,3H2/q+1. The molecule has 1 nitrogen and oxygen atoms in total. The molecule has 1 heterocycles. The summed E-state index contributed by atoms with van der Waals surface area (Å²) in [7, 11) is 0. The van der Waals surface area contributed by atoms with Crippen molar-refractivity contribution in [3.63, 3.8) is 0 Å². The Morgan fingerprint density at radius 3 is 2.20 bits per heavy atom. The summed E-state index contributed by atoms with van der Waals surface area (Å²) < 4.78 is 2.00. The van der Waals surface area contributed by atoms with Crippen LogP contribution in [0, 0.1) is 0 Å². The molecule has 1 aliphatic rings. The Hall–Kier alpha value is 0.0595. The van der Waals surface area contributed by atoms with Crippen molar-refractivity contribution >= 4 is 15.8 Å². The van der Waals surface area contributed by atoms with Gasteiger partial charge < -0.3 is 0 Å². The van der Waals surface area contributed by atoms with Gasteiger partial charge in [-0.2, -0.15) is 0 Å². The summed E-state index contributed by atoms with van der Waals surface area (Å²) in [5.41, 5.74) is 0. The van der Waals surface area contributed by atoms with Crippen molar-refractivity contribution in [2.24, 2.45) is 0 Å². The van der Waals surface area contributed by atoms with Crippen LogP contribution in [0.4, 0.5) is 0 Å². The Labute approximate surface area is 38.9 Å². The molecule has 0 fully saturated rings. The Kier molecular flexibility index (Phi) is 0.674. The molecule has 0 bridgehead atoms. The van der Waals surface area contributed by atoms with Gasteiger partial charge in [-0.25, -0.2) is 0 Å². The first kappa shape index (κ1) is 3.26. The van der Waals surface area contributed by atoms with E-state index in [-0.39, 0.29) is 0 Å². The zero-order valence-corrected chi connectivity index (χ0v) is 4.43. The monoisotopic (exact) mass is 134 g/mol. The van der Waals surface area contributed by atoms with E-state index in [9.17, 15) is 0 Å². The quantitative estimate of drug-likeness (QED) is 0.405. The van der Waals surface area contributed by atoms with E-state index in [4.69, 9.17) is 0 Å². The van der Waals surface area contributed by atoms with E-state index in [0.717, 1.165) is 6.54 Å². The average Bonchev–Trinajstić information content (AvgIpc) is 1.30. The second kappa shape index (κ2) is 1.03. The second-order valence-corrected chi connectivity index (χ2v) is 1.97. The van der Waals surface area contributed by atoms with Gasteiger partial charge in [0.15, 0.2) is 0 Å². The van der Waals surface area contributed by atoms with Gasteiger partial charge in [-0.15, -0.1) is 0 Å². The first-order valence-corrected chi connectivity index (χ1v) is 2.26. The summed E-state index contributed by atoms with van der Waals surface area (Å²) in [6, 6.07) is 0. The summed E-state index contributed by atoms with van der Waals surface area (Å²) >= 11 is 2.82. The maximum atomic E-state index is 2.82. The Morgan fingerprint density at radius 2 is 2.20 bits per heavy atom. The normalized spacial score (nSPS) is 18.8. The van der Waals surface area contributed by atoms with Crippen molar-refractivity contribution in [1.82, 2.24) is 0 Å². The number of rotatable bonds is 0. The molecule has 0 aliphatic carbocycles. The van der Waals surface area contributed by atoms with E-state index in [1.807, 2.05) is 9.75 Å². The van der Waals surface area contributed by atoms with Crippen molar-refractivity contribution in [2.75, 3.05) is 6.54 Å². The third-order valence-corrected chi connectivity index (χ3v) is 1.13. The van der Waals surface area contributed by atoms with Gasteiger partial charge in [0, 0.05) is 0 Å². The number of hydrogen-bond acceptors (Lipinski definition) is 0. The summed E-state index contributed by atoms with van der Waals surface area (Å²) in [6.07, 6.45) is 4.09. The SMILES string of the molecule is [Se]=[N+]1C=CC1. The van der Waals surface area contributed by atoms with Crippen LogP contribution < -0.4 is 0 Å². The molecule has 1 rings (SSSR count). The van der Waals surface area contributed by atoms with E-state index in [0.29, 0.717) is 0 Å². The van der Waals surface area contributed by atoms with Crippen molar-refractivity contribution in [1.29, 1.82) is 0 Å². The van der Waals surface area contributed by atoms with Crippen LogP contribution in [-0.4, -0.2) is 25.9 Å². The topological polar surface area (TPSA) is 3.01 Å². The molecule has 0 aromatic carbocycles. The number of hydrogen-bond donors (Lipinski definition) is 0. The molecule has 1 aliphatic heterocycles. The van der Waals surface area contributed by atoms with Crippen LogP contribution >= 0.6 is 0 Å². The molecule has 0 spiro atoms. The van der Waals surface area contributed by atoms with Crippen LogP contribution in [0.15, 0.2) is 12.3 Å². The predicted octanol–water partition coefficient (Wildman–Crippen LogP) is -0.122. The third kappa shape index (κ3) is 0.469. The molecule has 0 amide bonds. The zero-order valence-electron chi connectivity index (χ0n) is 2.72. The van der Waals surface area contributed by atoms with E-state index in [1.165, 1.54) is 0 Å². The molecule has 0 radical (unpaired) electrons. The van der Waals surface area contributed by atoms with E-state index >= 15 is 0 Å². The fraction of sp³-hybridized carbons (Fsp3) is 0.333. The molecule has 0 saturated carbocycles. The minimum absolute atomic E-state index is 1.08. The van der Waals surface area contributed by atoms with Crippen molar-refractivity contribution in [3.05, 3.63) is 12.3 Å². The van der Waals surface area contributed by atoms with Gasteiger partial charge >= 0.3 is 38.2 Å². The minimum atomic E-state index is 1.08. The first-order chi connectivity index (χ1) is 2.39. The molecular weight excluding hydrogens is 129 g/mol. The van der Waals surface area contributed by atoms with E-state index in [1.54, 1.807) is 0 Å². The molecule has 0 N–H and O–H groups in total. The molecule has 2 heteroatoms. The molecule has 0 unspecified atom stereocenters. The van der Waals surface area contributed by atoms with Gasteiger partial charge in [0.25, 0.3) is 0 Å². The van der Waals surface area contributed by atoms with Crippen LogP contribution in [0.3, 0.4) is 0 Å². The molecular formula is C3H4NSe+. The van der Waals surface area contributed by atoms with Gasteiger partial charge in [0.2, 0.25) is 0 Å². The molecule has 0 aromatic rings. The van der Waals surface area contributed by atoms with Gasteiger partial charge in [-0.05, 0) is 0 Å². The molecule has 0 atom stereocenters. The predicted molar refractivity (Wildman–Crippen MR) is 20.0 cm³/mol. The second-order valence-electron chi connectivity index (χ2n) is 0.984. The Bertz CT molecular complexity index is 84.9. The van der Waals surface area contributed by atoms with Gasteiger partial charge in [-0.3, -0.25) is 0 Å². The van der Waals surface area contributed by atoms with Gasteiger partial charge in [0.05, 0.1) is 0 Å². The average molecular weight is 133 g/mol. The van der Waals surface area contributed by atoms with Crippen LogP contribution in [0.1, 0.15) is 0 Å². The van der Waals surface area contributed by atoms with Crippen molar-refractivity contribution in [2.45, 2.75) is 0 Å². The fourth-order valence-electron chi connectivity index (χ4n) is 0.191. The Balaban J connectivity index is 2.71. The van der Waals surface area contributed by atoms with Crippen LogP contribution in [0.25, 0.3) is 0 Å². The van der Waals surface area contributed by atoms with Crippen LogP contribution in [0.5, 0.6) is 0 Å². The Morgan fingerprint density at radius 1 is 1.80 bits per heavy atom. The molecule has 5 heavy (non-hydrogen) atoms. The first-order valence-electron chi connectivity index (χ1n) is 1.50. The van der Waals surface area contributed by atoms with Gasteiger partial charge in [-0.1, -0.05) is 0 Å². The number of nitrogens with zero attached hydrogens (tertiary/aromatic N) is 1. The van der Waals surface area contributed by atoms with E-state index in [2.05, 4.69) is 21.9 Å². The summed E-state index contributed by atoms with van der Waals surface area (Å²) in [5.74, 6) is 0.